The summed E-state index contributed by atoms with van der Waals surface area (Å²) in [5.74, 6) is 0.823. The normalized spacial score (nSPS) is 43.0. The summed E-state index contributed by atoms with van der Waals surface area (Å²) in [4.78, 5) is 14.0. The lowest BCUT2D eigenvalue weighted by atomic mass is 9.57. The Morgan fingerprint density at radius 1 is 1.32 bits per heavy atom. The van der Waals surface area contributed by atoms with E-state index in [1.54, 1.807) is 0 Å². The maximum absolute atomic E-state index is 11.6. The number of carbonyl (C=O) groups excluding carboxylic acids is 1. The minimum Gasteiger partial charge on any atom is -0.458 e. The molecule has 0 aromatic heterocycles. The van der Waals surface area contributed by atoms with Gasteiger partial charge in [-0.3, -0.25) is 9.69 Å². The molecule has 1 heterocycles. The zero-order valence-electron chi connectivity index (χ0n) is 18.4. The van der Waals surface area contributed by atoms with Crippen molar-refractivity contribution in [3.05, 3.63) is 18.1 Å². The average molecular weight is 393 g/mol. The van der Waals surface area contributed by atoms with Gasteiger partial charge in [0.15, 0.2) is 0 Å². The zero-order valence-corrected chi connectivity index (χ0v) is 18.4. The van der Waals surface area contributed by atoms with Crippen LogP contribution in [0.2, 0.25) is 0 Å². The van der Waals surface area contributed by atoms with Crippen LogP contribution in [0.4, 0.5) is 0 Å². The van der Waals surface area contributed by atoms with Crippen LogP contribution >= 0.6 is 0 Å². The fraction of sp³-hybridized carbons (Fsp3) is 0.826. The van der Waals surface area contributed by atoms with E-state index in [1.807, 2.05) is 13.3 Å². The molecule has 2 aliphatic carbocycles. The lowest BCUT2D eigenvalue weighted by Gasteiger charge is -2.53. The smallest absolute Gasteiger partial charge is 0.303 e. The number of rotatable bonds is 4. The molecule has 3 rings (SSSR count). The van der Waals surface area contributed by atoms with Gasteiger partial charge >= 0.3 is 5.97 Å². The minimum atomic E-state index is -0.914. The molecule has 1 saturated heterocycles. The first-order valence-corrected chi connectivity index (χ1v) is 10.9. The number of aliphatic hydroxyl groups is 1. The molecule has 0 aromatic rings. The standard InChI is InChI=1S/C23H38NO4/c1-14-9-21-20(15(2)11-24-12-17(4)27-18(5)13-24)8-7-16(3)23(21,26)10-22(14)28-19(6)25/h9-10,15-18,20-22,26H,7-8,11-13H2,1-6H3/t15?,16-,17-,18+,20+,21-,22-,23-/m1/s1. The molecule has 0 spiro atoms. The van der Waals surface area contributed by atoms with E-state index in [2.05, 4.69) is 38.7 Å². The van der Waals surface area contributed by atoms with Gasteiger partial charge in [-0.05, 0) is 56.9 Å². The number of hydrogen-bond donors (Lipinski definition) is 1. The van der Waals surface area contributed by atoms with E-state index in [0.717, 1.165) is 38.0 Å². The van der Waals surface area contributed by atoms with E-state index in [9.17, 15) is 9.90 Å². The number of hydrogen-bond acceptors (Lipinski definition) is 5. The van der Waals surface area contributed by atoms with Crippen LogP contribution in [0.3, 0.4) is 0 Å². The van der Waals surface area contributed by atoms with Crippen molar-refractivity contribution in [2.45, 2.75) is 78.3 Å². The van der Waals surface area contributed by atoms with Crippen molar-refractivity contribution in [2.24, 2.45) is 23.7 Å². The lowest BCUT2D eigenvalue weighted by molar-refractivity contribution is -0.148. The van der Waals surface area contributed by atoms with Crippen molar-refractivity contribution >= 4 is 5.97 Å². The molecule has 1 unspecified atom stereocenters. The summed E-state index contributed by atoms with van der Waals surface area (Å²) in [5, 5.41) is 11.6. The summed E-state index contributed by atoms with van der Waals surface area (Å²) in [6.07, 6.45) is 6.33. The topological polar surface area (TPSA) is 59.0 Å². The van der Waals surface area contributed by atoms with Crippen molar-refractivity contribution in [1.82, 2.24) is 4.90 Å². The van der Waals surface area contributed by atoms with Gasteiger partial charge in [0.2, 0.25) is 0 Å². The molecule has 0 bridgehead atoms. The number of fused-ring (bicyclic) bond motifs is 1. The monoisotopic (exact) mass is 392 g/mol. The fourth-order valence-electron chi connectivity index (χ4n) is 5.73. The van der Waals surface area contributed by atoms with Gasteiger partial charge in [-0.1, -0.05) is 19.9 Å². The fourth-order valence-corrected chi connectivity index (χ4v) is 5.73. The first kappa shape index (κ1) is 21.8. The third kappa shape index (κ3) is 4.47. The van der Waals surface area contributed by atoms with E-state index in [4.69, 9.17) is 9.47 Å². The summed E-state index contributed by atoms with van der Waals surface area (Å²) in [6.45, 7) is 15.2. The quantitative estimate of drug-likeness (QED) is 0.588. The zero-order chi connectivity index (χ0) is 20.6. The van der Waals surface area contributed by atoms with Crippen LogP contribution in [0.25, 0.3) is 0 Å². The van der Waals surface area contributed by atoms with Crippen molar-refractivity contribution in [3.63, 3.8) is 0 Å². The Morgan fingerprint density at radius 2 is 1.96 bits per heavy atom. The summed E-state index contributed by atoms with van der Waals surface area (Å²) in [7, 11) is 0. The van der Waals surface area contributed by atoms with E-state index in [1.165, 1.54) is 6.92 Å². The van der Waals surface area contributed by atoms with Crippen LogP contribution in [-0.2, 0) is 14.3 Å². The molecule has 2 fully saturated rings. The van der Waals surface area contributed by atoms with Crippen molar-refractivity contribution in [1.29, 1.82) is 0 Å². The van der Waals surface area contributed by atoms with Gasteiger partial charge in [0, 0.05) is 38.9 Å². The molecule has 5 nitrogen and oxygen atoms in total. The van der Waals surface area contributed by atoms with Gasteiger partial charge in [-0.25, -0.2) is 0 Å². The van der Waals surface area contributed by atoms with Crippen molar-refractivity contribution in [3.8, 4) is 0 Å². The molecule has 159 valence electrons. The number of nitrogens with zero attached hydrogens (tertiary/aromatic N) is 1. The predicted octanol–water partition coefficient (Wildman–Crippen LogP) is 3.22. The Bertz CT molecular complexity index is 595. The Hall–Kier alpha value is -0.910. The highest BCUT2D eigenvalue weighted by atomic mass is 16.5. The van der Waals surface area contributed by atoms with Gasteiger partial charge in [0.05, 0.1) is 17.8 Å². The highest BCUT2D eigenvalue weighted by Gasteiger charge is 2.53. The molecule has 28 heavy (non-hydrogen) atoms. The molecule has 1 aliphatic heterocycles. The Labute approximate surface area is 170 Å². The first-order chi connectivity index (χ1) is 13.1. The Kier molecular flexibility index (Phi) is 6.58. The summed E-state index contributed by atoms with van der Waals surface area (Å²) in [6, 6.07) is 0. The SMILES string of the molecule is CC(=O)O[C@@H]1[CH][C@@]2(O)[C@H](C)CC[C@@H](C(C)CN3C[C@@H](C)O[C@@H](C)C3)[C@H]2C=C1C. The van der Waals surface area contributed by atoms with Crippen LogP contribution in [0.5, 0.6) is 0 Å². The second kappa shape index (κ2) is 8.45. The second-order valence-electron chi connectivity index (χ2n) is 9.62. The van der Waals surface area contributed by atoms with Gasteiger partial charge in [-0.2, -0.15) is 0 Å². The van der Waals surface area contributed by atoms with E-state index >= 15 is 0 Å². The first-order valence-electron chi connectivity index (χ1n) is 10.9. The van der Waals surface area contributed by atoms with E-state index in [0.29, 0.717) is 11.8 Å². The highest BCUT2D eigenvalue weighted by molar-refractivity contribution is 5.66. The summed E-state index contributed by atoms with van der Waals surface area (Å²) in [5.41, 5.74) is 0.118. The molecule has 1 radical (unpaired) electrons. The number of esters is 1. The molecule has 3 aliphatic rings. The largest absolute Gasteiger partial charge is 0.458 e. The third-order valence-electron chi connectivity index (χ3n) is 7.09. The molecule has 0 aromatic carbocycles. The Morgan fingerprint density at radius 3 is 2.57 bits per heavy atom. The number of morpholine rings is 1. The van der Waals surface area contributed by atoms with Crippen LogP contribution in [0, 0.1) is 30.1 Å². The van der Waals surface area contributed by atoms with Gasteiger partial charge in [0.1, 0.15) is 6.10 Å². The van der Waals surface area contributed by atoms with Crippen LogP contribution in [0.1, 0.15) is 54.4 Å². The molecule has 1 N–H and O–H groups in total. The molecular weight excluding hydrogens is 354 g/mol. The summed E-state index contributed by atoms with van der Waals surface area (Å²) >= 11 is 0. The van der Waals surface area contributed by atoms with E-state index in [-0.39, 0.29) is 30.0 Å². The molecule has 0 amide bonds. The van der Waals surface area contributed by atoms with Gasteiger partial charge in [-0.15, -0.1) is 0 Å². The molecule has 1 saturated carbocycles. The molecule has 5 heteroatoms. The summed E-state index contributed by atoms with van der Waals surface area (Å²) < 4.78 is 11.3. The minimum absolute atomic E-state index is 0.0777. The lowest BCUT2D eigenvalue weighted by Crippen LogP contribution is -2.57. The average Bonchev–Trinajstić information content (AvgIpc) is 2.56. The van der Waals surface area contributed by atoms with Crippen molar-refractivity contribution in [2.75, 3.05) is 19.6 Å². The Balaban J connectivity index is 1.76. The molecular formula is C23H38NO4. The highest BCUT2D eigenvalue weighted by Crippen LogP contribution is 2.50. The van der Waals surface area contributed by atoms with Gasteiger partial charge in [0.25, 0.3) is 0 Å². The van der Waals surface area contributed by atoms with Crippen LogP contribution in [0.15, 0.2) is 11.6 Å². The van der Waals surface area contributed by atoms with Crippen LogP contribution < -0.4 is 0 Å². The number of carbonyl (C=O) groups is 1. The maximum atomic E-state index is 11.6. The third-order valence-corrected chi connectivity index (χ3v) is 7.09. The van der Waals surface area contributed by atoms with Crippen molar-refractivity contribution < 1.29 is 19.4 Å². The predicted molar refractivity (Wildman–Crippen MR) is 110 cm³/mol. The second-order valence-corrected chi connectivity index (χ2v) is 9.62. The van der Waals surface area contributed by atoms with E-state index < -0.39 is 11.7 Å². The maximum Gasteiger partial charge on any atom is 0.303 e. The van der Waals surface area contributed by atoms with Crippen LogP contribution in [-0.4, -0.2) is 59.5 Å². The number of ether oxygens (including phenoxy) is 2. The van der Waals surface area contributed by atoms with Gasteiger partial charge < -0.3 is 14.6 Å². The molecule has 8 atom stereocenters.